The van der Waals surface area contributed by atoms with Gasteiger partial charge < -0.3 is 0 Å². The van der Waals surface area contributed by atoms with E-state index in [1.165, 1.54) is 5.56 Å². The molecule has 0 saturated heterocycles. The van der Waals surface area contributed by atoms with Crippen LogP contribution in [0.4, 0.5) is 0 Å². The summed E-state index contributed by atoms with van der Waals surface area (Å²) in [7, 11) is -0.993. The van der Waals surface area contributed by atoms with E-state index in [1.54, 1.807) is 5.41 Å². The molecule has 1 rings (SSSR count). The summed E-state index contributed by atoms with van der Waals surface area (Å²) >= 11 is 0. The summed E-state index contributed by atoms with van der Waals surface area (Å²) in [6.45, 7) is 6.17. The van der Waals surface area contributed by atoms with Crippen LogP contribution in [0.1, 0.15) is 19.4 Å². The third-order valence-electron chi connectivity index (χ3n) is 1.84. The zero-order chi connectivity index (χ0) is 10.6. The maximum Gasteiger partial charge on any atom is 0.0772 e. The summed E-state index contributed by atoms with van der Waals surface area (Å²) in [4.78, 5) is 0.868. The first-order valence-electron chi connectivity index (χ1n) is 4.75. The van der Waals surface area contributed by atoms with Crippen molar-refractivity contribution in [3.05, 3.63) is 41.3 Å². The van der Waals surface area contributed by atoms with E-state index in [9.17, 15) is 4.21 Å². The predicted molar refractivity (Wildman–Crippen MR) is 61.6 cm³/mol. The van der Waals surface area contributed by atoms with Gasteiger partial charge in [0, 0.05) is 10.3 Å². The lowest BCUT2D eigenvalue weighted by Crippen LogP contribution is -1.87. The van der Waals surface area contributed by atoms with Gasteiger partial charge in [-0.2, -0.15) is 0 Å². The summed E-state index contributed by atoms with van der Waals surface area (Å²) in [5.74, 6) is 0.449. The summed E-state index contributed by atoms with van der Waals surface area (Å²) < 4.78 is 11.7. The Labute approximate surface area is 88.3 Å². The Morgan fingerprint density at radius 3 is 2.29 bits per heavy atom. The van der Waals surface area contributed by atoms with Crippen molar-refractivity contribution >= 4 is 10.8 Å². The fourth-order valence-electron chi connectivity index (χ4n) is 0.979. The molecule has 0 aliphatic heterocycles. The highest BCUT2D eigenvalue weighted by Gasteiger charge is 1.98. The van der Waals surface area contributed by atoms with Gasteiger partial charge in [-0.1, -0.05) is 37.6 Å². The standard InChI is InChI=1S/C12H16OS/c1-10(2)8-9-14(13)12-6-4-11(3)5-7-12/h4-10H,1-3H3/b9-8+/t14-/m1/s1. The largest absolute Gasteiger partial charge is 0.250 e. The van der Waals surface area contributed by atoms with Crippen molar-refractivity contribution in [3.8, 4) is 0 Å². The van der Waals surface area contributed by atoms with Gasteiger partial charge in [-0.15, -0.1) is 0 Å². The van der Waals surface area contributed by atoms with Gasteiger partial charge in [-0.25, -0.2) is 4.21 Å². The van der Waals surface area contributed by atoms with Gasteiger partial charge in [0.25, 0.3) is 0 Å². The molecule has 1 atom stereocenters. The summed E-state index contributed by atoms with van der Waals surface area (Å²) in [5.41, 5.74) is 1.19. The van der Waals surface area contributed by atoms with Crippen molar-refractivity contribution in [1.82, 2.24) is 0 Å². The van der Waals surface area contributed by atoms with E-state index in [-0.39, 0.29) is 0 Å². The highest BCUT2D eigenvalue weighted by atomic mass is 32.2. The average Bonchev–Trinajstić information content (AvgIpc) is 2.15. The molecule has 1 aromatic rings. The third kappa shape index (κ3) is 3.46. The number of allylic oxidation sites excluding steroid dienone is 1. The smallest absolute Gasteiger partial charge is 0.0772 e. The zero-order valence-electron chi connectivity index (χ0n) is 8.86. The Morgan fingerprint density at radius 1 is 1.21 bits per heavy atom. The number of aryl methyl sites for hydroxylation is 1. The van der Waals surface area contributed by atoms with Crippen molar-refractivity contribution in [1.29, 1.82) is 0 Å². The highest BCUT2D eigenvalue weighted by Crippen LogP contribution is 2.10. The lowest BCUT2D eigenvalue weighted by Gasteiger charge is -1.98. The fraction of sp³-hybridized carbons (Fsp3) is 0.333. The van der Waals surface area contributed by atoms with Crippen LogP contribution < -0.4 is 0 Å². The lowest BCUT2D eigenvalue weighted by molar-refractivity contribution is 0.688. The second-order valence-corrected chi connectivity index (χ2v) is 5.02. The van der Waals surface area contributed by atoms with Gasteiger partial charge in [0.15, 0.2) is 0 Å². The van der Waals surface area contributed by atoms with Gasteiger partial charge in [-0.05, 0) is 25.0 Å². The average molecular weight is 208 g/mol. The molecule has 0 heterocycles. The fourth-order valence-corrected chi connectivity index (χ4v) is 2.00. The first-order chi connectivity index (χ1) is 6.59. The molecule has 0 aliphatic carbocycles. The molecule has 0 amide bonds. The number of rotatable bonds is 3. The van der Waals surface area contributed by atoms with Gasteiger partial charge in [0.1, 0.15) is 0 Å². The minimum absolute atomic E-state index is 0.449. The van der Waals surface area contributed by atoms with E-state index >= 15 is 0 Å². The molecule has 0 unspecified atom stereocenters. The van der Waals surface area contributed by atoms with Gasteiger partial charge in [0.05, 0.1) is 10.8 Å². The minimum Gasteiger partial charge on any atom is -0.250 e. The Bertz CT molecular complexity index is 336. The SMILES string of the molecule is Cc1ccc([S@](=O)/C=C/C(C)C)cc1. The number of hydrogen-bond acceptors (Lipinski definition) is 1. The first kappa shape index (κ1) is 11.2. The molecule has 0 saturated carbocycles. The third-order valence-corrected chi connectivity index (χ3v) is 2.98. The Hall–Kier alpha value is -0.890. The van der Waals surface area contributed by atoms with Crippen molar-refractivity contribution in [3.63, 3.8) is 0 Å². The monoisotopic (exact) mass is 208 g/mol. The van der Waals surface area contributed by atoms with Crippen LogP contribution in [0.25, 0.3) is 0 Å². The van der Waals surface area contributed by atoms with Gasteiger partial charge in [-0.3, -0.25) is 0 Å². The molecule has 2 heteroatoms. The van der Waals surface area contributed by atoms with Crippen LogP contribution in [-0.2, 0) is 10.8 Å². The van der Waals surface area contributed by atoms with E-state index in [2.05, 4.69) is 13.8 Å². The van der Waals surface area contributed by atoms with E-state index in [0.29, 0.717) is 5.92 Å². The summed E-state index contributed by atoms with van der Waals surface area (Å²) in [5, 5.41) is 1.76. The van der Waals surface area contributed by atoms with E-state index in [4.69, 9.17) is 0 Å². The Balaban J connectivity index is 2.75. The highest BCUT2D eigenvalue weighted by molar-refractivity contribution is 7.88. The van der Waals surface area contributed by atoms with Crippen LogP contribution in [0, 0.1) is 12.8 Å². The van der Waals surface area contributed by atoms with Crippen molar-refractivity contribution in [2.45, 2.75) is 25.7 Å². The Morgan fingerprint density at radius 2 is 1.79 bits per heavy atom. The van der Waals surface area contributed by atoms with Crippen molar-refractivity contribution in [2.75, 3.05) is 0 Å². The van der Waals surface area contributed by atoms with Crippen molar-refractivity contribution in [2.24, 2.45) is 5.92 Å². The normalized spacial score (nSPS) is 13.7. The molecule has 1 aromatic carbocycles. The molecule has 76 valence electrons. The van der Waals surface area contributed by atoms with E-state index in [1.807, 2.05) is 37.3 Å². The molecular formula is C12H16OS. The quantitative estimate of drug-likeness (QED) is 0.745. The molecule has 0 aromatic heterocycles. The van der Waals surface area contributed by atoms with Gasteiger partial charge in [0.2, 0.25) is 0 Å². The van der Waals surface area contributed by atoms with Crippen LogP contribution >= 0.6 is 0 Å². The summed E-state index contributed by atoms with van der Waals surface area (Å²) in [6, 6.07) is 7.79. The van der Waals surface area contributed by atoms with Crippen molar-refractivity contribution < 1.29 is 4.21 Å². The molecule has 14 heavy (non-hydrogen) atoms. The first-order valence-corrected chi connectivity index (χ1v) is 5.96. The summed E-state index contributed by atoms with van der Waals surface area (Å²) in [6.07, 6.45) is 1.97. The van der Waals surface area contributed by atoms with E-state index < -0.39 is 10.8 Å². The van der Waals surface area contributed by atoms with E-state index in [0.717, 1.165) is 4.90 Å². The second-order valence-electron chi connectivity index (χ2n) is 3.68. The van der Waals surface area contributed by atoms with Crippen LogP contribution in [0.2, 0.25) is 0 Å². The maximum atomic E-state index is 11.7. The minimum atomic E-state index is -0.993. The Kier molecular flexibility index (Phi) is 4.08. The van der Waals surface area contributed by atoms with Gasteiger partial charge >= 0.3 is 0 Å². The van der Waals surface area contributed by atoms with Crippen LogP contribution in [0.3, 0.4) is 0 Å². The molecule has 0 radical (unpaired) electrons. The molecule has 1 nitrogen and oxygen atoms in total. The van der Waals surface area contributed by atoms with Crippen LogP contribution in [0.5, 0.6) is 0 Å². The predicted octanol–water partition coefficient (Wildman–Crippen LogP) is 3.27. The number of benzene rings is 1. The van der Waals surface area contributed by atoms with Crippen LogP contribution in [0.15, 0.2) is 40.6 Å². The number of hydrogen-bond donors (Lipinski definition) is 0. The molecule has 0 bridgehead atoms. The lowest BCUT2D eigenvalue weighted by atomic mass is 10.2. The van der Waals surface area contributed by atoms with Crippen LogP contribution in [-0.4, -0.2) is 4.21 Å². The molecule has 0 N–H and O–H groups in total. The second kappa shape index (κ2) is 5.11. The molecule has 0 fully saturated rings. The zero-order valence-corrected chi connectivity index (χ0v) is 9.67. The maximum absolute atomic E-state index is 11.7. The molecule has 0 aliphatic rings. The molecule has 0 spiro atoms. The topological polar surface area (TPSA) is 17.1 Å². The molecular weight excluding hydrogens is 192 g/mol.